The number of thioether (sulfide) groups is 1. The normalized spacial score (nSPS) is 11.9. The topological polar surface area (TPSA) is 64.1 Å². The van der Waals surface area contributed by atoms with Crippen LogP contribution in [0.4, 0.5) is 11.6 Å². The van der Waals surface area contributed by atoms with Crippen LogP contribution in [0.3, 0.4) is 0 Å². The zero-order valence-corrected chi connectivity index (χ0v) is 17.9. The van der Waals surface area contributed by atoms with E-state index in [0.29, 0.717) is 21.2 Å². The molecule has 2 rings (SSSR count). The SMILES string of the molecule is CCCC(CC)Sc1nc(Nc2ccc(Br)c(C(=O)OC)c2)ncc1C. The number of carbonyl (C=O) groups is 1. The molecule has 26 heavy (non-hydrogen) atoms. The van der Waals surface area contributed by atoms with Crippen LogP contribution in [0, 0.1) is 6.92 Å². The number of benzene rings is 1. The third-order valence-electron chi connectivity index (χ3n) is 3.90. The van der Waals surface area contributed by atoms with Crippen molar-refractivity contribution in [2.45, 2.75) is 50.3 Å². The van der Waals surface area contributed by atoms with Crippen molar-refractivity contribution < 1.29 is 9.53 Å². The van der Waals surface area contributed by atoms with Gasteiger partial charge in [0.2, 0.25) is 5.95 Å². The number of ether oxygens (including phenoxy) is 1. The van der Waals surface area contributed by atoms with Crippen LogP contribution in [0.15, 0.2) is 33.9 Å². The molecular formula is C19H24BrN3O2S. The lowest BCUT2D eigenvalue weighted by molar-refractivity contribution is 0.0599. The van der Waals surface area contributed by atoms with Gasteiger partial charge in [-0.3, -0.25) is 0 Å². The van der Waals surface area contributed by atoms with Crippen molar-refractivity contribution in [3.05, 3.63) is 40.0 Å². The largest absolute Gasteiger partial charge is 0.465 e. The van der Waals surface area contributed by atoms with E-state index in [1.54, 1.807) is 23.9 Å². The van der Waals surface area contributed by atoms with Gasteiger partial charge >= 0.3 is 5.97 Å². The molecule has 1 atom stereocenters. The molecular weight excluding hydrogens is 414 g/mol. The predicted octanol–water partition coefficient (Wildman–Crippen LogP) is 5.75. The van der Waals surface area contributed by atoms with Gasteiger partial charge in [0.15, 0.2) is 0 Å². The highest BCUT2D eigenvalue weighted by atomic mass is 79.9. The molecule has 0 aliphatic carbocycles. The molecule has 7 heteroatoms. The van der Waals surface area contributed by atoms with Gasteiger partial charge in [-0.2, -0.15) is 0 Å². The molecule has 1 N–H and O–H groups in total. The fraction of sp³-hybridized carbons (Fsp3) is 0.421. The maximum atomic E-state index is 11.8. The fourth-order valence-corrected chi connectivity index (χ4v) is 4.05. The lowest BCUT2D eigenvalue weighted by Crippen LogP contribution is -2.06. The monoisotopic (exact) mass is 437 g/mol. The van der Waals surface area contributed by atoms with Crippen molar-refractivity contribution in [2.24, 2.45) is 0 Å². The molecule has 1 heterocycles. The van der Waals surface area contributed by atoms with Gasteiger partial charge in [0, 0.05) is 21.6 Å². The van der Waals surface area contributed by atoms with Crippen molar-refractivity contribution in [1.29, 1.82) is 0 Å². The van der Waals surface area contributed by atoms with Gasteiger partial charge in [0.1, 0.15) is 5.03 Å². The molecule has 1 aromatic heterocycles. The Kier molecular flexibility index (Phi) is 7.90. The number of rotatable bonds is 8. The number of nitrogens with zero attached hydrogens (tertiary/aromatic N) is 2. The highest BCUT2D eigenvalue weighted by Crippen LogP contribution is 2.30. The van der Waals surface area contributed by atoms with Crippen LogP contribution in [-0.2, 0) is 4.74 Å². The average Bonchev–Trinajstić information content (AvgIpc) is 2.64. The first kappa shape index (κ1) is 20.7. The first-order valence-corrected chi connectivity index (χ1v) is 10.3. The van der Waals surface area contributed by atoms with Crippen molar-refractivity contribution >= 4 is 45.3 Å². The summed E-state index contributed by atoms with van der Waals surface area (Å²) in [7, 11) is 1.36. The number of nitrogens with one attached hydrogen (secondary N) is 1. The van der Waals surface area contributed by atoms with Crippen LogP contribution in [0.5, 0.6) is 0 Å². The van der Waals surface area contributed by atoms with Crippen molar-refractivity contribution in [3.8, 4) is 0 Å². The fourth-order valence-electron chi connectivity index (χ4n) is 2.43. The lowest BCUT2D eigenvalue weighted by atomic mass is 10.2. The minimum atomic E-state index is -0.396. The van der Waals surface area contributed by atoms with E-state index >= 15 is 0 Å². The number of esters is 1. The minimum absolute atomic E-state index is 0.396. The molecule has 1 aromatic carbocycles. The van der Waals surface area contributed by atoms with Crippen LogP contribution >= 0.6 is 27.7 Å². The van der Waals surface area contributed by atoms with Crippen molar-refractivity contribution in [2.75, 3.05) is 12.4 Å². The van der Waals surface area contributed by atoms with Gasteiger partial charge in [-0.25, -0.2) is 14.8 Å². The standard InChI is InChI=1S/C19H24BrN3O2S/c1-5-7-14(6-2)26-17-12(3)11-21-19(23-17)22-13-8-9-16(20)15(10-13)18(24)25-4/h8-11,14H,5-7H2,1-4H3,(H,21,22,23). The molecule has 0 aliphatic heterocycles. The van der Waals surface area contributed by atoms with Gasteiger partial charge in [0.05, 0.1) is 12.7 Å². The number of carbonyl (C=O) groups excluding carboxylic acids is 1. The summed E-state index contributed by atoms with van der Waals surface area (Å²) in [6.07, 6.45) is 5.27. The number of aromatic nitrogens is 2. The van der Waals surface area contributed by atoms with Crippen LogP contribution in [-0.4, -0.2) is 28.3 Å². The Bertz CT molecular complexity index is 770. The van der Waals surface area contributed by atoms with Gasteiger partial charge < -0.3 is 10.1 Å². The molecule has 140 valence electrons. The summed E-state index contributed by atoms with van der Waals surface area (Å²) in [5.74, 6) is 0.120. The van der Waals surface area contributed by atoms with E-state index < -0.39 is 5.97 Å². The Morgan fingerprint density at radius 1 is 1.38 bits per heavy atom. The molecule has 0 bridgehead atoms. The molecule has 2 aromatic rings. The Morgan fingerprint density at radius 3 is 2.81 bits per heavy atom. The molecule has 0 amide bonds. The van der Waals surface area contributed by atoms with Crippen LogP contribution in [0.2, 0.25) is 0 Å². The summed E-state index contributed by atoms with van der Waals surface area (Å²) in [5.41, 5.74) is 2.25. The van der Waals surface area contributed by atoms with E-state index in [4.69, 9.17) is 4.74 Å². The predicted molar refractivity (Wildman–Crippen MR) is 110 cm³/mol. The van der Waals surface area contributed by atoms with Crippen LogP contribution in [0.1, 0.15) is 49.0 Å². The third-order valence-corrected chi connectivity index (χ3v) is 6.13. The Balaban J connectivity index is 2.22. The number of halogens is 1. The maximum absolute atomic E-state index is 11.8. The van der Waals surface area contributed by atoms with E-state index in [9.17, 15) is 4.79 Å². The quantitative estimate of drug-likeness (QED) is 0.322. The minimum Gasteiger partial charge on any atom is -0.465 e. The summed E-state index contributed by atoms with van der Waals surface area (Å²) in [6, 6.07) is 5.38. The zero-order chi connectivity index (χ0) is 19.1. The molecule has 1 unspecified atom stereocenters. The molecule has 0 radical (unpaired) electrons. The first-order chi connectivity index (χ1) is 12.5. The van der Waals surface area contributed by atoms with E-state index in [1.807, 2.05) is 19.2 Å². The third kappa shape index (κ3) is 5.45. The molecule has 0 spiro atoms. The summed E-state index contributed by atoms with van der Waals surface area (Å²) in [5, 5.41) is 4.73. The highest BCUT2D eigenvalue weighted by Gasteiger charge is 2.14. The number of methoxy groups -OCH3 is 1. The number of anilines is 2. The van der Waals surface area contributed by atoms with E-state index in [-0.39, 0.29) is 0 Å². The number of hydrogen-bond donors (Lipinski definition) is 1. The van der Waals surface area contributed by atoms with Gasteiger partial charge in [-0.05, 0) is 59.5 Å². The number of hydrogen-bond acceptors (Lipinski definition) is 6. The molecule has 0 saturated carbocycles. The molecule has 0 saturated heterocycles. The maximum Gasteiger partial charge on any atom is 0.339 e. The molecule has 5 nitrogen and oxygen atoms in total. The van der Waals surface area contributed by atoms with E-state index in [0.717, 1.165) is 29.1 Å². The van der Waals surface area contributed by atoms with Gasteiger partial charge in [0.25, 0.3) is 0 Å². The first-order valence-electron chi connectivity index (χ1n) is 8.63. The second-order valence-electron chi connectivity index (χ2n) is 5.93. The van der Waals surface area contributed by atoms with Crippen molar-refractivity contribution in [1.82, 2.24) is 9.97 Å². The average molecular weight is 438 g/mol. The Morgan fingerprint density at radius 2 is 2.15 bits per heavy atom. The molecule has 0 fully saturated rings. The van der Waals surface area contributed by atoms with Crippen LogP contribution in [0.25, 0.3) is 0 Å². The number of aryl methyl sites for hydroxylation is 1. The second kappa shape index (κ2) is 9.92. The Labute approximate surface area is 167 Å². The van der Waals surface area contributed by atoms with Crippen LogP contribution < -0.4 is 5.32 Å². The highest BCUT2D eigenvalue weighted by molar-refractivity contribution is 9.10. The second-order valence-corrected chi connectivity index (χ2v) is 8.07. The van der Waals surface area contributed by atoms with E-state index in [1.165, 1.54) is 13.5 Å². The van der Waals surface area contributed by atoms with E-state index in [2.05, 4.69) is 45.1 Å². The Hall–Kier alpha value is -1.60. The van der Waals surface area contributed by atoms with Gasteiger partial charge in [-0.1, -0.05) is 20.3 Å². The summed E-state index contributed by atoms with van der Waals surface area (Å²) in [6.45, 7) is 6.44. The van der Waals surface area contributed by atoms with Gasteiger partial charge in [-0.15, -0.1) is 11.8 Å². The lowest BCUT2D eigenvalue weighted by Gasteiger charge is -2.15. The summed E-state index contributed by atoms with van der Waals surface area (Å²) < 4.78 is 5.49. The summed E-state index contributed by atoms with van der Waals surface area (Å²) in [4.78, 5) is 20.9. The molecule has 0 aliphatic rings. The summed E-state index contributed by atoms with van der Waals surface area (Å²) >= 11 is 5.17. The zero-order valence-electron chi connectivity index (χ0n) is 15.5. The smallest absolute Gasteiger partial charge is 0.339 e. The van der Waals surface area contributed by atoms with Crippen molar-refractivity contribution in [3.63, 3.8) is 0 Å².